The summed E-state index contributed by atoms with van der Waals surface area (Å²) in [6.07, 6.45) is 1.69. The standard InChI is InChI=1S/C8H12ClN3O/c1-6-7(5-12(2)11-6)8(13)10-4-3-9/h5H,3-4H2,1-2H3,(H,10,13). The fourth-order valence-electron chi connectivity index (χ4n) is 1.08. The fourth-order valence-corrected chi connectivity index (χ4v) is 1.17. The van der Waals surface area contributed by atoms with Crippen LogP contribution in [0, 0.1) is 6.92 Å². The molecule has 0 atom stereocenters. The molecular formula is C8H12ClN3O. The van der Waals surface area contributed by atoms with Crippen molar-refractivity contribution in [2.75, 3.05) is 12.4 Å². The summed E-state index contributed by atoms with van der Waals surface area (Å²) in [4.78, 5) is 11.4. The van der Waals surface area contributed by atoms with Crippen molar-refractivity contribution in [3.63, 3.8) is 0 Å². The van der Waals surface area contributed by atoms with Crippen LogP contribution < -0.4 is 5.32 Å². The second-order valence-electron chi connectivity index (χ2n) is 2.75. The number of nitrogens with one attached hydrogen (secondary N) is 1. The molecule has 0 radical (unpaired) electrons. The lowest BCUT2D eigenvalue weighted by Crippen LogP contribution is -2.25. The third kappa shape index (κ3) is 2.45. The van der Waals surface area contributed by atoms with Crippen LogP contribution >= 0.6 is 11.6 Å². The van der Waals surface area contributed by atoms with E-state index in [9.17, 15) is 4.79 Å². The maximum atomic E-state index is 11.4. The molecule has 5 heteroatoms. The van der Waals surface area contributed by atoms with Gasteiger partial charge in [-0.2, -0.15) is 5.10 Å². The summed E-state index contributed by atoms with van der Waals surface area (Å²) >= 11 is 5.44. The zero-order valence-corrected chi connectivity index (χ0v) is 8.43. The lowest BCUT2D eigenvalue weighted by molar-refractivity contribution is 0.0955. The Morgan fingerprint density at radius 1 is 1.77 bits per heavy atom. The average Bonchev–Trinajstić information content (AvgIpc) is 2.41. The molecule has 0 unspecified atom stereocenters. The van der Waals surface area contributed by atoms with Gasteiger partial charge in [0, 0.05) is 25.7 Å². The Morgan fingerprint density at radius 3 is 2.92 bits per heavy atom. The van der Waals surface area contributed by atoms with Gasteiger partial charge in [0.15, 0.2) is 0 Å². The number of alkyl halides is 1. The van der Waals surface area contributed by atoms with Gasteiger partial charge >= 0.3 is 0 Å². The Kier molecular flexibility index (Phi) is 3.31. The number of amides is 1. The summed E-state index contributed by atoms with van der Waals surface area (Å²) in [5.74, 6) is 0.302. The Hall–Kier alpha value is -1.03. The van der Waals surface area contributed by atoms with Crippen LogP contribution in [0.5, 0.6) is 0 Å². The Morgan fingerprint density at radius 2 is 2.46 bits per heavy atom. The van der Waals surface area contributed by atoms with E-state index in [2.05, 4.69) is 10.4 Å². The van der Waals surface area contributed by atoms with Crippen molar-refractivity contribution in [2.24, 2.45) is 7.05 Å². The van der Waals surface area contributed by atoms with E-state index in [1.807, 2.05) is 0 Å². The molecular weight excluding hydrogens is 190 g/mol. The fraction of sp³-hybridized carbons (Fsp3) is 0.500. The zero-order valence-electron chi connectivity index (χ0n) is 7.67. The number of rotatable bonds is 3. The Bertz CT molecular complexity index is 308. The van der Waals surface area contributed by atoms with Crippen molar-refractivity contribution in [1.82, 2.24) is 15.1 Å². The normalized spacial score (nSPS) is 10.1. The van der Waals surface area contributed by atoms with Gasteiger partial charge in [-0.25, -0.2) is 0 Å². The minimum absolute atomic E-state index is 0.119. The molecule has 0 aliphatic heterocycles. The van der Waals surface area contributed by atoms with Gasteiger partial charge in [0.1, 0.15) is 0 Å². The van der Waals surface area contributed by atoms with Crippen LogP contribution in [0.1, 0.15) is 16.1 Å². The predicted molar refractivity (Wildman–Crippen MR) is 51.0 cm³/mol. The van der Waals surface area contributed by atoms with Crippen molar-refractivity contribution in [3.8, 4) is 0 Å². The number of halogens is 1. The highest BCUT2D eigenvalue weighted by atomic mass is 35.5. The van der Waals surface area contributed by atoms with Gasteiger partial charge in [-0.15, -0.1) is 11.6 Å². The topological polar surface area (TPSA) is 46.9 Å². The van der Waals surface area contributed by atoms with Gasteiger partial charge in [-0.1, -0.05) is 0 Å². The van der Waals surface area contributed by atoms with Gasteiger partial charge in [0.2, 0.25) is 0 Å². The maximum absolute atomic E-state index is 11.4. The van der Waals surface area contributed by atoms with E-state index in [0.29, 0.717) is 18.0 Å². The molecule has 0 aliphatic rings. The first-order chi connectivity index (χ1) is 6.15. The van der Waals surface area contributed by atoms with E-state index >= 15 is 0 Å². The summed E-state index contributed by atoms with van der Waals surface area (Å²) in [6.45, 7) is 2.28. The van der Waals surface area contributed by atoms with Gasteiger partial charge < -0.3 is 5.32 Å². The lowest BCUT2D eigenvalue weighted by Gasteiger charge is -1.99. The number of carbonyl (C=O) groups is 1. The average molecular weight is 202 g/mol. The molecule has 4 nitrogen and oxygen atoms in total. The number of carbonyl (C=O) groups excluding carboxylic acids is 1. The zero-order chi connectivity index (χ0) is 9.84. The van der Waals surface area contributed by atoms with Crippen molar-refractivity contribution < 1.29 is 4.79 Å². The van der Waals surface area contributed by atoms with Crippen LogP contribution in [0.15, 0.2) is 6.20 Å². The van der Waals surface area contributed by atoms with Crippen LogP contribution in [-0.2, 0) is 7.05 Å². The molecule has 1 amide bonds. The quantitative estimate of drug-likeness (QED) is 0.732. The van der Waals surface area contributed by atoms with E-state index < -0.39 is 0 Å². The van der Waals surface area contributed by atoms with Crippen molar-refractivity contribution in [1.29, 1.82) is 0 Å². The second kappa shape index (κ2) is 4.28. The van der Waals surface area contributed by atoms with Gasteiger partial charge in [0.05, 0.1) is 11.3 Å². The van der Waals surface area contributed by atoms with E-state index in [1.54, 1.807) is 24.9 Å². The van der Waals surface area contributed by atoms with Crippen LogP contribution in [0.3, 0.4) is 0 Å². The molecule has 1 aromatic heterocycles. The van der Waals surface area contributed by atoms with Crippen LogP contribution in [0.25, 0.3) is 0 Å². The van der Waals surface area contributed by atoms with Gasteiger partial charge in [-0.3, -0.25) is 9.48 Å². The molecule has 0 spiro atoms. The lowest BCUT2D eigenvalue weighted by atomic mass is 10.2. The Labute approximate surface area is 81.9 Å². The third-order valence-electron chi connectivity index (χ3n) is 1.64. The second-order valence-corrected chi connectivity index (χ2v) is 3.12. The summed E-state index contributed by atoms with van der Waals surface area (Å²) in [5, 5.41) is 6.74. The highest BCUT2D eigenvalue weighted by Crippen LogP contribution is 2.03. The smallest absolute Gasteiger partial charge is 0.254 e. The first-order valence-corrected chi connectivity index (χ1v) is 4.53. The summed E-state index contributed by atoms with van der Waals surface area (Å²) < 4.78 is 1.62. The first kappa shape index (κ1) is 10.1. The molecule has 0 aliphatic carbocycles. The molecule has 13 heavy (non-hydrogen) atoms. The third-order valence-corrected chi connectivity index (χ3v) is 1.83. The summed E-state index contributed by atoms with van der Waals surface area (Å²) in [7, 11) is 1.78. The maximum Gasteiger partial charge on any atom is 0.254 e. The first-order valence-electron chi connectivity index (χ1n) is 3.99. The summed E-state index contributed by atoms with van der Waals surface area (Å²) in [6, 6.07) is 0. The van der Waals surface area contributed by atoms with E-state index in [1.165, 1.54) is 0 Å². The van der Waals surface area contributed by atoms with E-state index in [0.717, 1.165) is 5.69 Å². The molecule has 0 bridgehead atoms. The molecule has 0 aromatic carbocycles. The largest absolute Gasteiger partial charge is 0.351 e. The van der Waals surface area contributed by atoms with Crippen molar-refractivity contribution in [2.45, 2.75) is 6.92 Å². The number of aryl methyl sites for hydroxylation is 2. The highest BCUT2D eigenvalue weighted by Gasteiger charge is 2.10. The molecule has 1 aromatic rings. The van der Waals surface area contributed by atoms with Crippen molar-refractivity contribution in [3.05, 3.63) is 17.5 Å². The van der Waals surface area contributed by atoms with Crippen LogP contribution in [0.2, 0.25) is 0 Å². The van der Waals surface area contributed by atoms with Gasteiger partial charge in [-0.05, 0) is 6.92 Å². The molecule has 0 saturated carbocycles. The highest BCUT2D eigenvalue weighted by molar-refractivity contribution is 6.18. The molecule has 1 heterocycles. The van der Waals surface area contributed by atoms with Crippen LogP contribution in [-0.4, -0.2) is 28.1 Å². The Balaban J connectivity index is 2.70. The van der Waals surface area contributed by atoms with E-state index in [-0.39, 0.29) is 5.91 Å². The number of nitrogens with zero attached hydrogens (tertiary/aromatic N) is 2. The minimum atomic E-state index is -0.119. The monoisotopic (exact) mass is 201 g/mol. The number of aromatic nitrogens is 2. The summed E-state index contributed by atoms with van der Waals surface area (Å²) in [5.41, 5.74) is 1.34. The molecule has 1 N–H and O–H groups in total. The SMILES string of the molecule is Cc1nn(C)cc1C(=O)NCCCl. The molecule has 0 fully saturated rings. The number of hydrogen-bond acceptors (Lipinski definition) is 2. The minimum Gasteiger partial charge on any atom is -0.351 e. The van der Waals surface area contributed by atoms with Crippen LogP contribution in [0.4, 0.5) is 0 Å². The van der Waals surface area contributed by atoms with E-state index in [4.69, 9.17) is 11.6 Å². The number of hydrogen-bond donors (Lipinski definition) is 1. The molecule has 0 saturated heterocycles. The van der Waals surface area contributed by atoms with Gasteiger partial charge in [0.25, 0.3) is 5.91 Å². The molecule has 72 valence electrons. The predicted octanol–water partition coefficient (Wildman–Crippen LogP) is 0.697. The molecule has 1 rings (SSSR count). The van der Waals surface area contributed by atoms with Crippen molar-refractivity contribution >= 4 is 17.5 Å².